The van der Waals surface area contributed by atoms with Gasteiger partial charge in [0.15, 0.2) is 0 Å². The molecule has 2 aromatic carbocycles. The number of allylic oxidation sites excluding steroid dienone is 1. The van der Waals surface area contributed by atoms with E-state index in [4.69, 9.17) is 11.6 Å². The van der Waals surface area contributed by atoms with E-state index in [2.05, 4.69) is 48.4 Å². The first kappa shape index (κ1) is 17.2. The number of anilines is 1. The summed E-state index contributed by atoms with van der Waals surface area (Å²) in [5, 5.41) is 15.8. The fourth-order valence-corrected chi connectivity index (χ4v) is 3.29. The normalized spacial score (nSPS) is 11.2. The molecule has 3 nitrogen and oxygen atoms in total. The zero-order chi connectivity index (χ0) is 17.8. The van der Waals surface area contributed by atoms with Crippen LogP contribution in [0.25, 0.3) is 16.8 Å². The molecule has 25 heavy (non-hydrogen) atoms. The predicted octanol–water partition coefficient (Wildman–Crippen LogP) is 6.06. The minimum Gasteiger partial charge on any atom is -0.359 e. The number of benzene rings is 2. The molecule has 3 rings (SSSR count). The van der Waals surface area contributed by atoms with Crippen LogP contribution in [0.4, 0.5) is 5.69 Å². The van der Waals surface area contributed by atoms with Crippen molar-refractivity contribution in [1.82, 2.24) is 4.98 Å². The van der Waals surface area contributed by atoms with Gasteiger partial charge in [0.25, 0.3) is 0 Å². The molecule has 0 aliphatic carbocycles. The molecule has 1 heterocycles. The Morgan fingerprint density at radius 3 is 2.72 bits per heavy atom. The second-order valence-corrected chi connectivity index (χ2v) is 6.90. The van der Waals surface area contributed by atoms with Gasteiger partial charge in [0.2, 0.25) is 0 Å². The third kappa shape index (κ3) is 3.90. The summed E-state index contributed by atoms with van der Waals surface area (Å²) in [6.07, 6.45) is 1.64. The highest BCUT2D eigenvalue weighted by molar-refractivity contribution is 7.11. The van der Waals surface area contributed by atoms with Crippen molar-refractivity contribution < 1.29 is 0 Å². The van der Waals surface area contributed by atoms with E-state index in [1.54, 1.807) is 12.3 Å². The highest BCUT2D eigenvalue weighted by Crippen LogP contribution is 2.28. The molecule has 124 valence electrons. The van der Waals surface area contributed by atoms with E-state index in [-0.39, 0.29) is 0 Å². The summed E-state index contributed by atoms with van der Waals surface area (Å²) in [5.41, 5.74) is 5.64. The summed E-state index contributed by atoms with van der Waals surface area (Å²) in [6.45, 7) is 4.17. The number of nitriles is 1. The average molecular weight is 366 g/mol. The Balaban J connectivity index is 1.86. The van der Waals surface area contributed by atoms with Gasteiger partial charge in [-0.25, -0.2) is 4.98 Å². The molecule has 0 saturated heterocycles. The molecule has 0 unspecified atom stereocenters. The van der Waals surface area contributed by atoms with Crippen molar-refractivity contribution in [3.63, 3.8) is 0 Å². The van der Waals surface area contributed by atoms with Crippen LogP contribution in [0.2, 0.25) is 5.02 Å². The maximum atomic E-state index is 9.46. The van der Waals surface area contributed by atoms with E-state index in [9.17, 15) is 5.26 Å². The second-order valence-electron chi connectivity index (χ2n) is 5.63. The summed E-state index contributed by atoms with van der Waals surface area (Å²) in [6, 6.07) is 15.9. The number of thiazole rings is 1. The zero-order valence-corrected chi connectivity index (χ0v) is 15.4. The van der Waals surface area contributed by atoms with Gasteiger partial charge in [-0.15, -0.1) is 11.3 Å². The van der Waals surface area contributed by atoms with Gasteiger partial charge in [0.05, 0.1) is 16.4 Å². The van der Waals surface area contributed by atoms with Gasteiger partial charge in [-0.05, 0) is 43.2 Å². The highest BCUT2D eigenvalue weighted by Gasteiger charge is 2.10. The zero-order valence-electron chi connectivity index (χ0n) is 13.9. The van der Waals surface area contributed by atoms with Crippen molar-refractivity contribution in [2.75, 3.05) is 5.32 Å². The Bertz CT molecular complexity index is 983. The van der Waals surface area contributed by atoms with E-state index >= 15 is 0 Å². The molecule has 0 aliphatic heterocycles. The van der Waals surface area contributed by atoms with E-state index in [0.29, 0.717) is 15.6 Å². The summed E-state index contributed by atoms with van der Waals surface area (Å²) >= 11 is 7.57. The van der Waals surface area contributed by atoms with Gasteiger partial charge < -0.3 is 5.32 Å². The van der Waals surface area contributed by atoms with Crippen molar-refractivity contribution in [3.8, 4) is 17.3 Å². The molecule has 0 aliphatic rings. The predicted molar refractivity (Wildman–Crippen MR) is 106 cm³/mol. The Hall–Kier alpha value is -2.61. The van der Waals surface area contributed by atoms with Crippen LogP contribution in [0.15, 0.2) is 54.0 Å². The number of nitrogens with one attached hydrogen (secondary N) is 1. The molecule has 0 radical (unpaired) electrons. The number of hydrogen-bond donors (Lipinski definition) is 1. The van der Waals surface area contributed by atoms with E-state index in [0.717, 1.165) is 16.9 Å². The highest BCUT2D eigenvalue weighted by atomic mass is 35.5. The van der Waals surface area contributed by atoms with Crippen molar-refractivity contribution in [2.45, 2.75) is 13.8 Å². The van der Waals surface area contributed by atoms with Crippen molar-refractivity contribution in [2.24, 2.45) is 0 Å². The molecule has 0 atom stereocenters. The Morgan fingerprint density at radius 1 is 1.20 bits per heavy atom. The number of aryl methyl sites for hydroxylation is 2. The number of nitrogens with zero attached hydrogens (tertiary/aromatic N) is 2. The van der Waals surface area contributed by atoms with E-state index in [1.807, 2.05) is 23.6 Å². The lowest BCUT2D eigenvalue weighted by molar-refractivity contribution is 1.31. The number of para-hydroxylation sites is 1. The third-order valence-electron chi connectivity index (χ3n) is 3.90. The fourth-order valence-electron chi connectivity index (χ4n) is 2.30. The SMILES string of the molecule is Cc1ccc(-c2csc(/C(C#N)=C/Nc3ccccc3Cl)n2)cc1C. The van der Waals surface area contributed by atoms with Crippen LogP contribution < -0.4 is 5.32 Å². The van der Waals surface area contributed by atoms with Crippen LogP contribution in [0.3, 0.4) is 0 Å². The maximum absolute atomic E-state index is 9.46. The number of rotatable bonds is 4. The summed E-state index contributed by atoms with van der Waals surface area (Å²) in [5.74, 6) is 0. The molecule has 1 N–H and O–H groups in total. The third-order valence-corrected chi connectivity index (χ3v) is 5.11. The molecule has 3 aromatic rings. The van der Waals surface area contributed by atoms with Crippen molar-refractivity contribution >= 4 is 34.2 Å². The first-order chi connectivity index (χ1) is 12.1. The quantitative estimate of drug-likeness (QED) is 0.572. The Kier molecular flexibility index (Phi) is 5.18. The second kappa shape index (κ2) is 7.52. The summed E-state index contributed by atoms with van der Waals surface area (Å²) in [7, 11) is 0. The summed E-state index contributed by atoms with van der Waals surface area (Å²) < 4.78 is 0. The van der Waals surface area contributed by atoms with Crippen molar-refractivity contribution in [3.05, 3.63) is 75.2 Å². The minimum absolute atomic E-state index is 0.472. The molecule has 5 heteroatoms. The van der Waals surface area contributed by atoms with Crippen LogP contribution in [0.1, 0.15) is 16.1 Å². The Labute approximate surface area is 156 Å². The largest absolute Gasteiger partial charge is 0.359 e. The van der Waals surface area contributed by atoms with Crippen LogP contribution >= 0.6 is 22.9 Å². The van der Waals surface area contributed by atoms with Crippen LogP contribution in [0.5, 0.6) is 0 Å². The maximum Gasteiger partial charge on any atom is 0.136 e. The molecule has 0 bridgehead atoms. The Morgan fingerprint density at radius 2 is 2.00 bits per heavy atom. The number of hydrogen-bond acceptors (Lipinski definition) is 4. The smallest absolute Gasteiger partial charge is 0.136 e. The molecular weight excluding hydrogens is 350 g/mol. The molecular formula is C20H16ClN3S. The van der Waals surface area contributed by atoms with E-state index < -0.39 is 0 Å². The van der Waals surface area contributed by atoms with Gasteiger partial charge in [-0.2, -0.15) is 5.26 Å². The lowest BCUT2D eigenvalue weighted by Crippen LogP contribution is -1.91. The molecule has 0 amide bonds. The van der Waals surface area contributed by atoms with Crippen LogP contribution in [0, 0.1) is 25.2 Å². The van der Waals surface area contributed by atoms with Gasteiger partial charge in [-0.1, -0.05) is 35.9 Å². The average Bonchev–Trinajstić information content (AvgIpc) is 3.09. The fraction of sp³-hybridized carbons (Fsp3) is 0.100. The molecule has 0 spiro atoms. The standard InChI is InChI=1S/C20H16ClN3S/c1-13-7-8-15(9-14(13)2)19-12-25-20(24-19)16(10-22)11-23-18-6-4-3-5-17(18)21/h3-9,11-12,23H,1-2H3/b16-11+. The first-order valence-corrected chi connectivity index (χ1v) is 8.99. The van der Waals surface area contributed by atoms with E-state index in [1.165, 1.54) is 22.5 Å². The first-order valence-electron chi connectivity index (χ1n) is 7.73. The topological polar surface area (TPSA) is 48.7 Å². The number of halogens is 1. The van der Waals surface area contributed by atoms with Gasteiger partial charge in [-0.3, -0.25) is 0 Å². The lowest BCUT2D eigenvalue weighted by atomic mass is 10.1. The monoisotopic (exact) mass is 365 g/mol. The minimum atomic E-state index is 0.472. The van der Waals surface area contributed by atoms with Gasteiger partial charge in [0, 0.05) is 17.1 Å². The molecule has 0 fully saturated rings. The summed E-state index contributed by atoms with van der Waals surface area (Å²) in [4.78, 5) is 4.61. The van der Waals surface area contributed by atoms with Crippen LogP contribution in [-0.4, -0.2) is 4.98 Å². The lowest BCUT2D eigenvalue weighted by Gasteiger charge is -2.03. The molecule has 1 aromatic heterocycles. The van der Waals surface area contributed by atoms with Crippen LogP contribution in [-0.2, 0) is 0 Å². The number of aromatic nitrogens is 1. The van der Waals surface area contributed by atoms with Gasteiger partial charge >= 0.3 is 0 Å². The van der Waals surface area contributed by atoms with Gasteiger partial charge in [0.1, 0.15) is 16.6 Å². The molecule has 0 saturated carbocycles. The van der Waals surface area contributed by atoms with Crippen molar-refractivity contribution in [1.29, 1.82) is 5.26 Å².